The third-order valence-corrected chi connectivity index (χ3v) is 8.53. The van der Waals surface area contributed by atoms with Crippen LogP contribution in [-0.2, 0) is 0 Å². The number of nitrogens with one attached hydrogen (secondary N) is 1. The number of nitrogens with zero attached hydrogens (tertiary/aromatic N) is 5. The summed E-state index contributed by atoms with van der Waals surface area (Å²) in [6.07, 6.45) is 7.90. The van der Waals surface area contributed by atoms with E-state index in [2.05, 4.69) is 37.3 Å². The smallest absolute Gasteiger partial charge is 0.260 e. The molecule has 0 spiro atoms. The van der Waals surface area contributed by atoms with Gasteiger partial charge in [0.05, 0.1) is 12.2 Å². The summed E-state index contributed by atoms with van der Waals surface area (Å²) in [5.41, 5.74) is 1.91. The summed E-state index contributed by atoms with van der Waals surface area (Å²) in [5, 5.41) is 23.3. The average molecular weight is 519 g/mol. The van der Waals surface area contributed by atoms with Crippen LogP contribution in [-0.4, -0.2) is 61.4 Å². The highest BCUT2D eigenvalue weighted by Crippen LogP contribution is 2.46. The monoisotopic (exact) mass is 518 g/mol. The Labute approximate surface area is 220 Å². The first-order valence-electron chi connectivity index (χ1n) is 13.3. The van der Waals surface area contributed by atoms with Gasteiger partial charge in [0.15, 0.2) is 5.75 Å². The molecule has 9 nitrogen and oxygen atoms in total. The number of hydrogen-bond acceptors (Lipinski definition) is 9. The molecule has 7 rings (SSSR count). The van der Waals surface area contributed by atoms with E-state index in [1.807, 2.05) is 19.1 Å². The lowest BCUT2D eigenvalue weighted by atomic mass is 9.68. The summed E-state index contributed by atoms with van der Waals surface area (Å²) in [6.45, 7) is 4.38. The predicted octanol–water partition coefficient (Wildman–Crippen LogP) is 4.41. The summed E-state index contributed by atoms with van der Waals surface area (Å²) in [4.78, 5) is 11.0. The van der Waals surface area contributed by atoms with Gasteiger partial charge in [-0.1, -0.05) is 6.07 Å². The largest absolute Gasteiger partial charge is 0.507 e. The molecule has 2 saturated heterocycles. The Morgan fingerprint density at radius 3 is 2.68 bits per heavy atom. The molecule has 1 aliphatic carbocycles. The van der Waals surface area contributed by atoms with E-state index in [-0.39, 0.29) is 30.2 Å². The maximum atomic E-state index is 16.0. The first-order chi connectivity index (χ1) is 18.3. The Balaban J connectivity index is 1.16. The Kier molecular flexibility index (Phi) is 5.27. The number of alkyl halides is 1. The Bertz CT molecular complexity index is 1390. The molecule has 3 aromatic rings. The zero-order valence-corrected chi connectivity index (χ0v) is 21.5. The van der Waals surface area contributed by atoms with Crippen LogP contribution < -0.4 is 19.7 Å². The van der Waals surface area contributed by atoms with Crippen LogP contribution in [0.2, 0.25) is 0 Å². The fourth-order valence-corrected chi connectivity index (χ4v) is 6.57. The minimum atomic E-state index is -1.03. The summed E-state index contributed by atoms with van der Waals surface area (Å²) in [5.74, 6) is 1.55. The molecule has 3 fully saturated rings. The van der Waals surface area contributed by atoms with E-state index in [9.17, 15) is 5.11 Å². The van der Waals surface area contributed by atoms with Gasteiger partial charge in [0.2, 0.25) is 12.7 Å². The highest BCUT2D eigenvalue weighted by molar-refractivity contribution is 5.74. The molecule has 2 N–H and O–H groups in total. The Hall–Kier alpha value is -3.53. The summed E-state index contributed by atoms with van der Waals surface area (Å²) in [6, 6.07) is 7.09. The van der Waals surface area contributed by atoms with E-state index in [0.29, 0.717) is 35.3 Å². The normalized spacial score (nSPS) is 29.8. The Morgan fingerprint density at radius 2 is 1.92 bits per heavy atom. The van der Waals surface area contributed by atoms with Crippen LogP contribution in [0, 0.1) is 0 Å². The number of phenolic OH excluding ortho intramolecular Hbond substituents is 1. The number of pyridine rings is 1. The van der Waals surface area contributed by atoms with Crippen LogP contribution in [0.1, 0.15) is 52.4 Å². The van der Waals surface area contributed by atoms with Crippen molar-refractivity contribution in [2.24, 2.45) is 0 Å². The van der Waals surface area contributed by atoms with Crippen molar-refractivity contribution in [1.29, 1.82) is 0 Å². The lowest BCUT2D eigenvalue weighted by molar-refractivity contribution is 0.0000873. The molecule has 2 aromatic heterocycles. The minimum absolute atomic E-state index is 0.0546. The summed E-state index contributed by atoms with van der Waals surface area (Å²) in [7, 11) is 0. The number of fused-ring (bicyclic) bond motifs is 3. The molecule has 5 heterocycles. The standard InChI is InChI=1S/C28H31FN6O3/c1-27-8-3-9-28(2,34-27)24(29)21(12-27)35(18-5-6-18)26-31-14-20(32-33-26)19-7-4-16(10-22(19)36)17-11-23-25(30-13-17)38-15-37-23/h4,7,10-11,13-14,18,21,24,34,36H,3,5-6,8-9,12,15H2,1-2H3/t21-,24-,27-,28+/m1/s1. The van der Waals surface area contributed by atoms with Crippen molar-refractivity contribution in [2.75, 3.05) is 11.7 Å². The van der Waals surface area contributed by atoms with Gasteiger partial charge in [-0.2, -0.15) is 0 Å². The molecule has 0 radical (unpaired) electrons. The lowest BCUT2D eigenvalue weighted by Crippen LogP contribution is -2.73. The highest BCUT2D eigenvalue weighted by Gasteiger charge is 2.56. The van der Waals surface area contributed by atoms with Gasteiger partial charge in [0.25, 0.3) is 5.88 Å². The second-order valence-electron chi connectivity index (χ2n) is 11.6. The van der Waals surface area contributed by atoms with Crippen LogP contribution in [0.15, 0.2) is 36.7 Å². The van der Waals surface area contributed by atoms with E-state index in [1.165, 1.54) is 0 Å². The molecule has 1 aromatic carbocycles. The second-order valence-corrected chi connectivity index (χ2v) is 11.6. The summed E-state index contributed by atoms with van der Waals surface area (Å²) < 4.78 is 26.7. The molecule has 4 aliphatic rings. The molecule has 0 amide bonds. The van der Waals surface area contributed by atoms with Crippen molar-refractivity contribution < 1.29 is 19.0 Å². The van der Waals surface area contributed by atoms with Crippen molar-refractivity contribution in [3.63, 3.8) is 0 Å². The maximum Gasteiger partial charge on any atom is 0.260 e. The van der Waals surface area contributed by atoms with Crippen LogP contribution in [0.3, 0.4) is 0 Å². The first-order valence-corrected chi connectivity index (χ1v) is 13.3. The first kappa shape index (κ1) is 23.6. The quantitative estimate of drug-likeness (QED) is 0.508. The zero-order chi connectivity index (χ0) is 26.1. The Morgan fingerprint density at radius 1 is 1.05 bits per heavy atom. The number of piperidine rings is 2. The fraction of sp³-hybridized carbons (Fsp3) is 0.500. The number of rotatable bonds is 5. The minimum Gasteiger partial charge on any atom is -0.507 e. The van der Waals surface area contributed by atoms with Crippen molar-refractivity contribution in [3.05, 3.63) is 36.7 Å². The van der Waals surface area contributed by atoms with Gasteiger partial charge in [-0.3, -0.25) is 0 Å². The van der Waals surface area contributed by atoms with Crippen LogP contribution >= 0.6 is 0 Å². The van der Waals surface area contributed by atoms with Gasteiger partial charge in [-0.05, 0) is 76.1 Å². The molecular weight excluding hydrogens is 487 g/mol. The fourth-order valence-electron chi connectivity index (χ4n) is 6.57. The number of benzene rings is 1. The molecular formula is C28H31FN6O3. The number of anilines is 1. The van der Waals surface area contributed by atoms with Crippen LogP contribution in [0.5, 0.6) is 17.4 Å². The third-order valence-electron chi connectivity index (χ3n) is 8.53. The molecule has 0 unspecified atom stereocenters. The van der Waals surface area contributed by atoms with E-state index in [0.717, 1.165) is 43.2 Å². The van der Waals surface area contributed by atoms with Crippen molar-refractivity contribution >= 4 is 5.95 Å². The van der Waals surface area contributed by atoms with Crippen LogP contribution in [0.25, 0.3) is 22.4 Å². The van der Waals surface area contributed by atoms with Gasteiger partial charge >= 0.3 is 0 Å². The number of halogens is 1. The van der Waals surface area contributed by atoms with E-state index < -0.39 is 11.7 Å². The highest BCUT2D eigenvalue weighted by atomic mass is 19.1. The van der Waals surface area contributed by atoms with Gasteiger partial charge in [0.1, 0.15) is 17.6 Å². The van der Waals surface area contributed by atoms with Crippen molar-refractivity contribution in [1.82, 2.24) is 25.5 Å². The van der Waals surface area contributed by atoms with Crippen molar-refractivity contribution in [2.45, 2.75) is 81.7 Å². The SMILES string of the molecule is C[C@]12CCC[C@](C)(N1)[C@H](F)[C@H](N(c1ncc(-c3ccc(-c4cnc5c(c4)OCO5)cc3O)nn1)C1CC1)C2. The molecule has 2 bridgehead atoms. The average Bonchev–Trinajstić information content (AvgIpc) is 3.62. The van der Waals surface area contributed by atoms with E-state index in [4.69, 9.17) is 9.47 Å². The molecule has 38 heavy (non-hydrogen) atoms. The molecule has 3 aliphatic heterocycles. The number of hydrogen-bond donors (Lipinski definition) is 2. The van der Waals surface area contributed by atoms with Gasteiger partial charge in [0, 0.05) is 34.4 Å². The van der Waals surface area contributed by atoms with E-state index in [1.54, 1.807) is 24.5 Å². The van der Waals surface area contributed by atoms with E-state index >= 15 is 4.39 Å². The maximum absolute atomic E-state index is 16.0. The van der Waals surface area contributed by atoms with Gasteiger partial charge in [-0.25, -0.2) is 14.4 Å². The number of ether oxygens (including phenoxy) is 2. The second kappa shape index (κ2) is 8.49. The molecule has 198 valence electrons. The third kappa shape index (κ3) is 3.93. The molecule has 1 saturated carbocycles. The number of aromatic nitrogens is 4. The number of aromatic hydroxyl groups is 1. The topological polar surface area (TPSA) is 106 Å². The van der Waals surface area contributed by atoms with Gasteiger partial charge < -0.3 is 24.8 Å². The predicted molar refractivity (Wildman–Crippen MR) is 139 cm³/mol. The lowest BCUT2D eigenvalue weighted by Gasteiger charge is -2.57. The van der Waals surface area contributed by atoms with Crippen LogP contribution in [0.4, 0.5) is 10.3 Å². The van der Waals surface area contributed by atoms with Gasteiger partial charge in [-0.15, -0.1) is 10.2 Å². The summed E-state index contributed by atoms with van der Waals surface area (Å²) >= 11 is 0. The zero-order valence-electron chi connectivity index (χ0n) is 21.5. The van der Waals surface area contributed by atoms with Crippen molar-refractivity contribution in [3.8, 4) is 39.8 Å². The molecule has 4 atom stereocenters. The number of phenols is 1. The molecule has 10 heteroatoms.